The third-order valence-corrected chi connectivity index (χ3v) is 1.79. The van der Waals surface area contributed by atoms with E-state index in [1.165, 1.54) is 4.57 Å². The summed E-state index contributed by atoms with van der Waals surface area (Å²) in [6.07, 6.45) is 2.12. The monoisotopic (exact) mass is 180 g/mol. The van der Waals surface area contributed by atoms with Crippen LogP contribution in [-0.2, 0) is 0 Å². The maximum atomic E-state index is 11.3. The van der Waals surface area contributed by atoms with Crippen LogP contribution in [0.1, 0.15) is 31.3 Å². The molecule has 0 aliphatic carbocycles. The van der Waals surface area contributed by atoms with Crippen LogP contribution in [0.2, 0.25) is 0 Å². The topological polar surface area (TPSA) is 85.5 Å². The first-order valence-corrected chi connectivity index (χ1v) is 3.97. The van der Waals surface area contributed by atoms with E-state index in [1.807, 2.05) is 13.8 Å². The zero-order valence-corrected chi connectivity index (χ0v) is 7.59. The molecule has 5 nitrogen and oxygen atoms in total. The molecular formula is C8H12N4O. The van der Waals surface area contributed by atoms with E-state index in [9.17, 15) is 4.79 Å². The molecule has 1 heterocycles. The van der Waals surface area contributed by atoms with Crippen molar-refractivity contribution in [2.75, 3.05) is 0 Å². The molecule has 13 heavy (non-hydrogen) atoms. The van der Waals surface area contributed by atoms with Gasteiger partial charge in [-0.3, -0.25) is 4.57 Å². The van der Waals surface area contributed by atoms with Gasteiger partial charge in [-0.25, -0.2) is 4.79 Å². The third kappa shape index (κ3) is 1.44. The highest BCUT2D eigenvalue weighted by molar-refractivity contribution is 5.88. The fraction of sp³-hybridized carbons (Fsp3) is 0.375. The molecule has 0 amide bonds. The minimum absolute atomic E-state index is 0.00551. The van der Waals surface area contributed by atoms with Crippen molar-refractivity contribution in [3.8, 4) is 0 Å². The number of nitrogens with zero attached hydrogens (tertiary/aromatic N) is 1. The molecule has 0 aromatic carbocycles. The summed E-state index contributed by atoms with van der Waals surface area (Å²) in [5.41, 5.74) is 0.565. The van der Waals surface area contributed by atoms with Crippen LogP contribution >= 0.6 is 0 Å². The largest absolute Gasteiger partial charge is 0.326 e. The summed E-state index contributed by atoms with van der Waals surface area (Å²) in [5, 5.41) is 14.2. The van der Waals surface area contributed by atoms with E-state index in [0.29, 0.717) is 11.4 Å². The van der Waals surface area contributed by atoms with E-state index in [4.69, 9.17) is 10.8 Å². The normalized spacial score (nSPS) is 10.4. The molecule has 0 spiro atoms. The molecule has 0 aliphatic heterocycles. The Morgan fingerprint density at radius 2 is 2.00 bits per heavy atom. The minimum Gasteiger partial charge on any atom is -0.307 e. The van der Waals surface area contributed by atoms with Gasteiger partial charge in [0.2, 0.25) is 0 Å². The fourth-order valence-electron chi connectivity index (χ4n) is 1.25. The highest BCUT2D eigenvalue weighted by atomic mass is 16.1. The molecule has 1 aromatic rings. The third-order valence-electron chi connectivity index (χ3n) is 1.79. The van der Waals surface area contributed by atoms with Crippen molar-refractivity contribution < 1.29 is 0 Å². The van der Waals surface area contributed by atoms with Gasteiger partial charge in [0.05, 0.1) is 11.4 Å². The summed E-state index contributed by atoms with van der Waals surface area (Å²) in [4.78, 5) is 13.8. The standard InChI is InChI=1S/C8H12N4O/c1-5(2)12-7(4-10)6(3-9)11-8(12)13/h3-5,9-10H,1-2H3,(H,11,13). The zero-order valence-electron chi connectivity index (χ0n) is 7.59. The van der Waals surface area contributed by atoms with Crippen molar-refractivity contribution in [3.05, 3.63) is 21.9 Å². The average molecular weight is 180 g/mol. The number of aromatic amines is 1. The molecule has 0 bridgehead atoms. The molecule has 0 saturated carbocycles. The summed E-state index contributed by atoms with van der Waals surface area (Å²) in [6.45, 7) is 3.71. The molecular weight excluding hydrogens is 168 g/mol. The number of nitrogens with one attached hydrogen (secondary N) is 3. The molecule has 0 aliphatic rings. The SMILES string of the molecule is CC(C)n1c(C=N)c(C=N)[nH]c1=O. The second-order valence-electron chi connectivity index (χ2n) is 2.98. The van der Waals surface area contributed by atoms with Gasteiger partial charge in [0.1, 0.15) is 0 Å². The van der Waals surface area contributed by atoms with Gasteiger partial charge < -0.3 is 15.8 Å². The Labute approximate surface area is 75.4 Å². The van der Waals surface area contributed by atoms with E-state index in [-0.39, 0.29) is 11.7 Å². The van der Waals surface area contributed by atoms with Gasteiger partial charge in [0.25, 0.3) is 0 Å². The second-order valence-corrected chi connectivity index (χ2v) is 2.98. The van der Waals surface area contributed by atoms with Crippen molar-refractivity contribution >= 4 is 12.4 Å². The predicted octanol–water partition coefficient (Wildman–Crippen LogP) is 0.753. The van der Waals surface area contributed by atoms with Gasteiger partial charge >= 0.3 is 5.69 Å². The number of H-pyrrole nitrogens is 1. The molecule has 0 fully saturated rings. The lowest BCUT2D eigenvalue weighted by atomic mass is 10.3. The Morgan fingerprint density at radius 3 is 2.38 bits per heavy atom. The van der Waals surface area contributed by atoms with Crippen LogP contribution in [0.15, 0.2) is 4.79 Å². The Bertz CT molecular complexity index is 385. The molecule has 1 rings (SSSR count). The number of hydrogen-bond donors (Lipinski definition) is 3. The lowest BCUT2D eigenvalue weighted by molar-refractivity contribution is 0.577. The van der Waals surface area contributed by atoms with Crippen LogP contribution in [0.3, 0.4) is 0 Å². The minimum atomic E-state index is -0.271. The fourth-order valence-corrected chi connectivity index (χ4v) is 1.25. The Hall–Kier alpha value is -1.65. The number of imidazole rings is 1. The molecule has 0 saturated heterocycles. The maximum absolute atomic E-state index is 11.3. The van der Waals surface area contributed by atoms with E-state index in [0.717, 1.165) is 12.4 Å². The zero-order chi connectivity index (χ0) is 10.0. The molecule has 70 valence electrons. The summed E-state index contributed by atoms with van der Waals surface area (Å²) >= 11 is 0. The Kier molecular flexibility index (Phi) is 2.46. The number of hydrogen-bond acceptors (Lipinski definition) is 3. The van der Waals surface area contributed by atoms with Crippen LogP contribution in [-0.4, -0.2) is 22.0 Å². The maximum Gasteiger partial charge on any atom is 0.326 e. The lowest BCUT2D eigenvalue weighted by Crippen LogP contribution is -2.20. The second kappa shape index (κ2) is 3.38. The molecule has 3 N–H and O–H groups in total. The van der Waals surface area contributed by atoms with Crippen LogP contribution in [0.25, 0.3) is 0 Å². The van der Waals surface area contributed by atoms with Gasteiger partial charge in [0.15, 0.2) is 0 Å². The van der Waals surface area contributed by atoms with Crippen molar-refractivity contribution in [3.63, 3.8) is 0 Å². The highest BCUT2D eigenvalue weighted by Crippen LogP contribution is 2.06. The quantitative estimate of drug-likeness (QED) is 0.589. The number of rotatable bonds is 3. The summed E-state index contributed by atoms with van der Waals surface area (Å²) < 4.78 is 1.45. The van der Waals surface area contributed by atoms with Crippen LogP contribution in [0.4, 0.5) is 0 Å². The van der Waals surface area contributed by atoms with Crippen molar-refractivity contribution in [2.45, 2.75) is 19.9 Å². The van der Waals surface area contributed by atoms with E-state index in [2.05, 4.69) is 4.98 Å². The predicted molar refractivity (Wildman–Crippen MR) is 51.2 cm³/mol. The van der Waals surface area contributed by atoms with Crippen molar-refractivity contribution in [2.24, 2.45) is 0 Å². The average Bonchev–Trinajstić information content (AvgIpc) is 2.41. The Balaban J connectivity index is 3.48. The van der Waals surface area contributed by atoms with Gasteiger partial charge in [-0.2, -0.15) is 0 Å². The van der Waals surface area contributed by atoms with Crippen LogP contribution < -0.4 is 5.69 Å². The molecule has 0 atom stereocenters. The highest BCUT2D eigenvalue weighted by Gasteiger charge is 2.12. The first kappa shape index (κ1) is 9.44. The van der Waals surface area contributed by atoms with Gasteiger partial charge in [-0.15, -0.1) is 0 Å². The smallest absolute Gasteiger partial charge is 0.307 e. The first-order valence-electron chi connectivity index (χ1n) is 3.97. The van der Waals surface area contributed by atoms with Crippen molar-refractivity contribution in [1.29, 1.82) is 10.8 Å². The lowest BCUT2D eigenvalue weighted by Gasteiger charge is -2.06. The van der Waals surface area contributed by atoms with E-state index < -0.39 is 0 Å². The van der Waals surface area contributed by atoms with Crippen LogP contribution in [0.5, 0.6) is 0 Å². The molecule has 0 radical (unpaired) electrons. The summed E-state index contributed by atoms with van der Waals surface area (Å²) in [7, 11) is 0. The van der Waals surface area contributed by atoms with Gasteiger partial charge in [-0.05, 0) is 13.8 Å². The van der Waals surface area contributed by atoms with Crippen molar-refractivity contribution in [1.82, 2.24) is 9.55 Å². The van der Waals surface area contributed by atoms with E-state index in [1.54, 1.807) is 0 Å². The van der Waals surface area contributed by atoms with Crippen LogP contribution in [0, 0.1) is 10.8 Å². The molecule has 5 heteroatoms. The summed E-state index contributed by atoms with van der Waals surface area (Å²) in [5.74, 6) is 0. The van der Waals surface area contributed by atoms with E-state index >= 15 is 0 Å². The summed E-state index contributed by atoms with van der Waals surface area (Å²) in [6, 6.07) is -0.00551. The molecule has 1 aromatic heterocycles. The Morgan fingerprint density at radius 1 is 1.38 bits per heavy atom. The number of aromatic nitrogens is 2. The van der Waals surface area contributed by atoms with Gasteiger partial charge in [-0.1, -0.05) is 0 Å². The van der Waals surface area contributed by atoms with Gasteiger partial charge in [0, 0.05) is 18.5 Å². The first-order chi connectivity index (χ1) is 6.11. The molecule has 0 unspecified atom stereocenters.